The largest absolute Gasteiger partial charge is 0.376 e. The van der Waals surface area contributed by atoms with Gasteiger partial charge in [0.25, 0.3) is 0 Å². The van der Waals surface area contributed by atoms with Gasteiger partial charge in [-0.2, -0.15) is 0 Å². The number of hydrogen-bond donors (Lipinski definition) is 0. The highest BCUT2D eigenvalue weighted by molar-refractivity contribution is 5.97. The topological polar surface area (TPSA) is 29.5 Å². The summed E-state index contributed by atoms with van der Waals surface area (Å²) in [6, 6.07) is 8.36. The van der Waals surface area contributed by atoms with Crippen LogP contribution in [-0.4, -0.2) is 42.5 Å². The van der Waals surface area contributed by atoms with E-state index in [1.807, 2.05) is 24.3 Å². The molecule has 1 heterocycles. The fourth-order valence-corrected chi connectivity index (χ4v) is 2.68. The number of nitrogens with zero attached hydrogens (tertiary/aromatic N) is 1. The van der Waals surface area contributed by atoms with E-state index >= 15 is 0 Å². The minimum atomic E-state index is 0.209. The van der Waals surface area contributed by atoms with E-state index in [9.17, 15) is 4.79 Å². The number of aryl methyl sites for hydroxylation is 1. The average molecular weight is 275 g/mol. The molecule has 1 aliphatic rings. The van der Waals surface area contributed by atoms with Crippen molar-refractivity contribution in [1.82, 2.24) is 4.90 Å². The summed E-state index contributed by atoms with van der Waals surface area (Å²) in [6.45, 7) is 8.42. The molecule has 0 aliphatic carbocycles. The summed E-state index contributed by atoms with van der Waals surface area (Å²) in [6.07, 6.45) is 2.25. The van der Waals surface area contributed by atoms with Crippen LogP contribution < -0.4 is 0 Å². The van der Waals surface area contributed by atoms with Gasteiger partial charge in [-0.3, -0.25) is 9.69 Å². The molecule has 1 fully saturated rings. The molecule has 20 heavy (non-hydrogen) atoms. The lowest BCUT2D eigenvalue weighted by molar-refractivity contribution is -0.0523. The third kappa shape index (κ3) is 3.68. The zero-order valence-electron chi connectivity index (χ0n) is 12.8. The maximum Gasteiger partial charge on any atom is 0.176 e. The van der Waals surface area contributed by atoms with Crippen LogP contribution in [0.3, 0.4) is 0 Å². The molecule has 0 spiro atoms. The Labute approximate surface area is 121 Å². The Kier molecular flexibility index (Phi) is 5.32. The number of carbonyl (C=O) groups is 1. The van der Waals surface area contributed by atoms with Crippen molar-refractivity contribution in [3.05, 3.63) is 35.4 Å². The third-order valence-electron chi connectivity index (χ3n) is 4.08. The lowest BCUT2D eigenvalue weighted by Crippen LogP contribution is -2.50. The van der Waals surface area contributed by atoms with Crippen molar-refractivity contribution in [3.8, 4) is 0 Å². The zero-order valence-corrected chi connectivity index (χ0v) is 12.8. The van der Waals surface area contributed by atoms with Crippen molar-refractivity contribution in [3.63, 3.8) is 0 Å². The minimum Gasteiger partial charge on any atom is -0.376 e. The van der Waals surface area contributed by atoms with Crippen LogP contribution in [0, 0.1) is 0 Å². The fourth-order valence-electron chi connectivity index (χ4n) is 2.68. The molecule has 1 aromatic carbocycles. The quantitative estimate of drug-likeness (QED) is 0.774. The van der Waals surface area contributed by atoms with Crippen LogP contribution in [0.4, 0.5) is 0 Å². The van der Waals surface area contributed by atoms with Crippen LogP contribution >= 0.6 is 0 Å². The van der Waals surface area contributed by atoms with Crippen LogP contribution in [0.1, 0.15) is 43.1 Å². The van der Waals surface area contributed by atoms with E-state index in [2.05, 4.69) is 25.7 Å². The monoisotopic (exact) mass is 275 g/mol. The molecule has 0 aromatic heterocycles. The summed E-state index contributed by atoms with van der Waals surface area (Å²) in [5, 5.41) is 0. The van der Waals surface area contributed by atoms with Crippen LogP contribution in [0.25, 0.3) is 0 Å². The number of rotatable bonds is 5. The first-order valence-electron chi connectivity index (χ1n) is 7.61. The number of Topliss-reactive ketones (excluding diaryl/α,β-unsaturated/α-hetero) is 1. The lowest BCUT2D eigenvalue weighted by Gasteiger charge is -2.37. The van der Waals surface area contributed by atoms with Crippen molar-refractivity contribution in [2.24, 2.45) is 0 Å². The van der Waals surface area contributed by atoms with Crippen molar-refractivity contribution in [2.45, 2.75) is 45.8 Å². The second-order valence-electron chi connectivity index (χ2n) is 5.61. The van der Waals surface area contributed by atoms with Gasteiger partial charge in [-0.25, -0.2) is 0 Å². The maximum atomic E-state index is 12.4. The van der Waals surface area contributed by atoms with E-state index in [1.165, 1.54) is 5.56 Å². The molecule has 2 unspecified atom stereocenters. The van der Waals surface area contributed by atoms with Crippen molar-refractivity contribution < 1.29 is 9.53 Å². The van der Waals surface area contributed by atoms with Gasteiger partial charge in [0.05, 0.1) is 19.3 Å². The summed E-state index contributed by atoms with van der Waals surface area (Å²) < 4.78 is 5.68. The van der Waals surface area contributed by atoms with Gasteiger partial charge < -0.3 is 4.74 Å². The van der Waals surface area contributed by atoms with Gasteiger partial charge in [-0.05, 0) is 25.3 Å². The summed E-state index contributed by atoms with van der Waals surface area (Å²) >= 11 is 0. The van der Waals surface area contributed by atoms with Gasteiger partial charge in [0.1, 0.15) is 0 Å². The second-order valence-corrected chi connectivity index (χ2v) is 5.61. The molecule has 3 heteroatoms. The first-order valence-corrected chi connectivity index (χ1v) is 7.61. The molecule has 0 bridgehead atoms. The second kappa shape index (κ2) is 7.00. The summed E-state index contributed by atoms with van der Waals surface area (Å²) in [7, 11) is 0. The Morgan fingerprint density at radius 2 is 2.00 bits per heavy atom. The highest BCUT2D eigenvalue weighted by Gasteiger charge is 2.27. The Bertz CT molecular complexity index is 441. The Morgan fingerprint density at radius 3 is 2.60 bits per heavy atom. The highest BCUT2D eigenvalue weighted by atomic mass is 16.5. The predicted molar refractivity (Wildman–Crippen MR) is 81.2 cm³/mol. The Morgan fingerprint density at radius 1 is 1.30 bits per heavy atom. The number of ether oxygens (including phenoxy) is 1. The average Bonchev–Trinajstić information content (AvgIpc) is 2.47. The first kappa shape index (κ1) is 15.2. The molecular formula is C17H25NO2. The summed E-state index contributed by atoms with van der Waals surface area (Å²) in [4.78, 5) is 14.7. The van der Waals surface area contributed by atoms with Gasteiger partial charge in [-0.15, -0.1) is 0 Å². The van der Waals surface area contributed by atoms with Crippen molar-refractivity contribution in [1.29, 1.82) is 0 Å². The molecule has 2 atom stereocenters. The fraction of sp³-hybridized carbons (Fsp3) is 0.588. The molecule has 0 saturated carbocycles. The van der Waals surface area contributed by atoms with Gasteiger partial charge in [0.15, 0.2) is 5.78 Å². The smallest absolute Gasteiger partial charge is 0.176 e. The molecule has 3 nitrogen and oxygen atoms in total. The maximum absolute atomic E-state index is 12.4. The number of ketones is 1. The van der Waals surface area contributed by atoms with Crippen LogP contribution in [0.2, 0.25) is 0 Å². The molecule has 0 N–H and O–H groups in total. The number of hydrogen-bond acceptors (Lipinski definition) is 3. The van der Waals surface area contributed by atoms with E-state index in [1.54, 1.807) is 0 Å². The molecule has 1 aliphatic heterocycles. The zero-order chi connectivity index (χ0) is 14.5. The Hall–Kier alpha value is -1.19. The molecule has 110 valence electrons. The van der Waals surface area contributed by atoms with E-state index < -0.39 is 0 Å². The highest BCUT2D eigenvalue weighted by Crippen LogP contribution is 2.15. The summed E-state index contributed by atoms with van der Waals surface area (Å²) in [5.41, 5.74) is 2.09. The SMILES string of the molecule is CCc1ccc(C(=O)CN2CC(C)OCC2CC)cc1. The van der Waals surface area contributed by atoms with Crippen LogP contribution in [0.15, 0.2) is 24.3 Å². The third-order valence-corrected chi connectivity index (χ3v) is 4.08. The summed E-state index contributed by atoms with van der Waals surface area (Å²) in [5.74, 6) is 0.209. The molecule has 0 amide bonds. The number of carbonyl (C=O) groups excluding carboxylic acids is 1. The molecule has 1 aromatic rings. The van der Waals surface area contributed by atoms with E-state index in [0.717, 1.165) is 31.6 Å². The normalized spacial score (nSPS) is 23.8. The minimum absolute atomic E-state index is 0.209. The number of morpholine rings is 1. The van der Waals surface area contributed by atoms with Gasteiger partial charge in [0, 0.05) is 18.2 Å². The van der Waals surface area contributed by atoms with E-state index in [-0.39, 0.29) is 11.9 Å². The van der Waals surface area contributed by atoms with Crippen molar-refractivity contribution in [2.75, 3.05) is 19.7 Å². The Balaban J connectivity index is 2.01. The van der Waals surface area contributed by atoms with Gasteiger partial charge >= 0.3 is 0 Å². The van der Waals surface area contributed by atoms with Crippen molar-refractivity contribution >= 4 is 5.78 Å². The number of benzene rings is 1. The molecular weight excluding hydrogens is 250 g/mol. The first-order chi connectivity index (χ1) is 9.63. The molecule has 1 saturated heterocycles. The molecule has 2 rings (SSSR count). The van der Waals surface area contributed by atoms with E-state index in [4.69, 9.17) is 4.74 Å². The standard InChI is InChI=1S/C17H25NO2/c1-4-14-6-8-15(9-7-14)17(19)11-18-10-13(3)20-12-16(18)5-2/h6-9,13,16H,4-5,10-12H2,1-3H3. The van der Waals surface area contributed by atoms with Gasteiger partial charge in [-0.1, -0.05) is 38.1 Å². The molecule has 0 radical (unpaired) electrons. The van der Waals surface area contributed by atoms with Crippen LogP contribution in [-0.2, 0) is 11.2 Å². The van der Waals surface area contributed by atoms with Gasteiger partial charge in [0.2, 0.25) is 0 Å². The lowest BCUT2D eigenvalue weighted by atomic mass is 10.0. The van der Waals surface area contributed by atoms with E-state index in [0.29, 0.717) is 12.6 Å². The predicted octanol–water partition coefficient (Wildman–Crippen LogP) is 2.93. The van der Waals surface area contributed by atoms with Crippen LogP contribution in [0.5, 0.6) is 0 Å².